The van der Waals surface area contributed by atoms with Crippen molar-refractivity contribution in [1.29, 1.82) is 0 Å². The Labute approximate surface area is 349 Å². The number of rotatable bonds is 4. The van der Waals surface area contributed by atoms with Crippen LogP contribution in [0.3, 0.4) is 0 Å². The number of piperidine rings is 2. The molecule has 4 aromatic rings. The summed E-state index contributed by atoms with van der Waals surface area (Å²) >= 11 is 12.7. The second kappa shape index (κ2) is 17.2. The van der Waals surface area contributed by atoms with Crippen molar-refractivity contribution in [3.8, 4) is 11.2 Å². The molecule has 2 saturated heterocycles. The van der Waals surface area contributed by atoms with Crippen molar-refractivity contribution in [2.45, 2.75) is 44.4 Å². The molecule has 8 rings (SSSR count). The molecule has 4 heterocycles. The van der Waals surface area contributed by atoms with E-state index in [1.54, 1.807) is 11.2 Å². The van der Waals surface area contributed by atoms with Gasteiger partial charge in [-0.05, 0) is 152 Å². The number of benzene rings is 2. The van der Waals surface area contributed by atoms with Gasteiger partial charge < -0.3 is 5.32 Å². The van der Waals surface area contributed by atoms with Crippen molar-refractivity contribution in [1.82, 2.24) is 19.6 Å². The Hall–Kier alpha value is -3.75. The Balaban J connectivity index is 0.000000179. The fraction of sp³-hybridized carbons (Fsp3) is 0.370. The number of hydrogen-bond donors (Lipinski definition) is 1. The SMILES string of the molecule is CC(=O)C1=Cc2cc(Cl)ccc2C(C2CCNCC2)c2ncccc21.CS(C)(C)C#CC1=Cc2cc(Cl)ccc2C(C2CCN(S(C)(=O)=O)CC2)c2ncccc21. The van der Waals surface area contributed by atoms with Crippen LogP contribution in [-0.2, 0) is 14.8 Å². The third kappa shape index (κ3) is 9.44. The van der Waals surface area contributed by atoms with E-state index in [-0.39, 0.29) is 23.5 Å². The van der Waals surface area contributed by atoms with Crippen LogP contribution in [0.1, 0.15) is 89.2 Å². The number of halogens is 2. The molecule has 2 unspecified atom stereocenters. The summed E-state index contributed by atoms with van der Waals surface area (Å²) in [6, 6.07) is 20.1. The van der Waals surface area contributed by atoms with Crippen LogP contribution < -0.4 is 5.32 Å². The maximum absolute atomic E-state index is 12.4. The Bertz CT molecular complexity index is 2420. The highest BCUT2D eigenvalue weighted by atomic mass is 35.5. The first-order chi connectivity index (χ1) is 27.2. The maximum Gasteiger partial charge on any atom is 0.211 e. The second-order valence-electron chi connectivity index (χ2n) is 16.2. The van der Waals surface area contributed by atoms with Gasteiger partial charge in [0.1, 0.15) is 0 Å². The summed E-state index contributed by atoms with van der Waals surface area (Å²) in [5.41, 5.74) is 10.3. The van der Waals surface area contributed by atoms with E-state index in [2.05, 4.69) is 59.5 Å². The average molecular weight is 842 g/mol. The number of fused-ring (bicyclic) bond motifs is 4. The molecule has 2 aliphatic carbocycles. The van der Waals surface area contributed by atoms with Crippen LogP contribution in [0.5, 0.6) is 0 Å². The van der Waals surface area contributed by atoms with Crippen molar-refractivity contribution in [2.75, 3.05) is 51.2 Å². The minimum atomic E-state index is -3.17. The fourth-order valence-electron chi connectivity index (χ4n) is 8.73. The molecule has 2 aromatic carbocycles. The molecule has 2 aliphatic heterocycles. The molecular formula is C46H50Cl2N4O3S2. The number of ketones is 1. The fourth-order valence-corrected chi connectivity index (χ4v) is 10.4. The van der Waals surface area contributed by atoms with E-state index in [0.29, 0.717) is 29.1 Å². The Morgan fingerprint density at radius 2 is 1.28 bits per heavy atom. The molecule has 2 fully saturated rings. The van der Waals surface area contributed by atoms with Crippen LogP contribution in [0.2, 0.25) is 10.0 Å². The van der Waals surface area contributed by atoms with Crippen LogP contribution in [0, 0.1) is 23.0 Å². The summed E-state index contributed by atoms with van der Waals surface area (Å²) in [5.74, 6) is 4.56. The maximum atomic E-state index is 12.4. The number of pyridine rings is 2. The van der Waals surface area contributed by atoms with Gasteiger partial charge in [-0.15, -0.1) is 0 Å². The predicted octanol–water partition coefficient (Wildman–Crippen LogP) is 9.36. The molecular weight excluding hydrogens is 792 g/mol. The number of sulfonamides is 1. The van der Waals surface area contributed by atoms with Gasteiger partial charge in [-0.1, -0.05) is 53.4 Å². The number of allylic oxidation sites excluding steroid dienone is 2. The van der Waals surface area contributed by atoms with E-state index < -0.39 is 20.1 Å². The van der Waals surface area contributed by atoms with E-state index in [4.69, 9.17) is 33.2 Å². The summed E-state index contributed by atoms with van der Waals surface area (Å²) in [6.45, 7) is 4.76. The molecule has 0 bridgehead atoms. The van der Waals surface area contributed by atoms with Crippen molar-refractivity contribution >= 4 is 72.3 Å². The van der Waals surface area contributed by atoms with Gasteiger partial charge in [-0.2, -0.15) is 10.0 Å². The molecule has 0 radical (unpaired) electrons. The van der Waals surface area contributed by atoms with Gasteiger partial charge in [0, 0.05) is 69.6 Å². The van der Waals surface area contributed by atoms with Crippen molar-refractivity contribution < 1.29 is 13.2 Å². The molecule has 0 saturated carbocycles. The minimum Gasteiger partial charge on any atom is -0.317 e. The van der Waals surface area contributed by atoms with Crippen molar-refractivity contribution in [2.24, 2.45) is 11.8 Å². The second-order valence-corrected chi connectivity index (χ2v) is 22.9. The molecule has 7 nitrogen and oxygen atoms in total. The van der Waals surface area contributed by atoms with Crippen LogP contribution >= 0.6 is 33.2 Å². The molecule has 2 atom stereocenters. The average Bonchev–Trinajstić information content (AvgIpc) is 3.41. The summed E-state index contributed by atoms with van der Waals surface area (Å²) in [5, 5.41) is 8.29. The largest absolute Gasteiger partial charge is 0.317 e. The topological polar surface area (TPSA) is 92.3 Å². The number of hydrogen-bond acceptors (Lipinski definition) is 6. The highest BCUT2D eigenvalue weighted by Gasteiger charge is 2.36. The minimum absolute atomic E-state index is 0.0612. The van der Waals surface area contributed by atoms with E-state index in [0.717, 1.165) is 83.6 Å². The molecule has 11 heteroatoms. The van der Waals surface area contributed by atoms with E-state index >= 15 is 0 Å². The quantitative estimate of drug-likeness (QED) is 0.206. The number of nitrogens with one attached hydrogen (secondary N) is 1. The number of aromatic nitrogens is 2. The Kier molecular flexibility index (Phi) is 12.5. The molecule has 0 spiro atoms. The van der Waals surface area contributed by atoms with Gasteiger partial charge in [0.25, 0.3) is 0 Å². The monoisotopic (exact) mass is 840 g/mol. The number of nitrogens with zero attached hydrogens (tertiary/aromatic N) is 3. The molecule has 4 aliphatic rings. The lowest BCUT2D eigenvalue weighted by atomic mass is 9.76. The lowest BCUT2D eigenvalue weighted by molar-refractivity contribution is -0.111. The third-order valence-electron chi connectivity index (χ3n) is 11.4. The van der Waals surface area contributed by atoms with Crippen LogP contribution in [-0.4, -0.2) is 79.7 Å². The lowest BCUT2D eigenvalue weighted by Crippen LogP contribution is -2.39. The van der Waals surface area contributed by atoms with E-state index in [1.807, 2.05) is 60.9 Å². The first kappa shape index (κ1) is 41.4. The molecule has 298 valence electrons. The normalized spacial score (nSPS) is 20.3. The number of carbonyl (C=O) groups is 1. The number of Topliss-reactive ketones (excluding diaryl/α,β-unsaturated/α-hetero) is 1. The predicted molar refractivity (Wildman–Crippen MR) is 239 cm³/mol. The van der Waals surface area contributed by atoms with Crippen LogP contribution in [0.15, 0.2) is 73.1 Å². The molecule has 1 N–H and O–H groups in total. The summed E-state index contributed by atoms with van der Waals surface area (Å²) < 4.78 is 25.7. The van der Waals surface area contributed by atoms with Crippen LogP contribution in [0.25, 0.3) is 23.3 Å². The van der Waals surface area contributed by atoms with Crippen molar-refractivity contribution in [3.05, 3.63) is 128 Å². The molecule has 57 heavy (non-hydrogen) atoms. The van der Waals surface area contributed by atoms with Crippen molar-refractivity contribution in [3.63, 3.8) is 0 Å². The van der Waals surface area contributed by atoms with Gasteiger partial charge in [0.2, 0.25) is 10.0 Å². The first-order valence-electron chi connectivity index (χ1n) is 19.5. The highest BCUT2D eigenvalue weighted by molar-refractivity contribution is 8.36. The highest BCUT2D eigenvalue weighted by Crippen LogP contribution is 2.46. The number of carbonyl (C=O) groups excluding carboxylic acids is 1. The smallest absolute Gasteiger partial charge is 0.211 e. The van der Waals surface area contributed by atoms with Gasteiger partial charge >= 0.3 is 0 Å². The van der Waals surface area contributed by atoms with Gasteiger partial charge in [0.05, 0.1) is 17.6 Å². The van der Waals surface area contributed by atoms with Gasteiger partial charge in [0.15, 0.2) is 5.78 Å². The standard InChI is InChI=1S/C25H29ClN2O2S2.C21H21ClN2O/c1-31(2,3)15-11-19-16-20-17-21(26)7-8-22(20)24(25-23(19)6-5-12-27-25)18-9-13-28(14-10-18)32(4,29)30;1-13(25)19-12-15-11-16(22)4-5-17(15)20(14-6-9-23-10-7-14)21-18(19)3-2-8-24-21/h5-8,12,16-18,24H,9-10,13-14H2,1-4H3;2-5,8,11-12,14,20,23H,6-7,9-10H2,1H3. The van der Waals surface area contributed by atoms with Crippen LogP contribution in [0.4, 0.5) is 0 Å². The lowest BCUT2D eigenvalue weighted by Gasteiger charge is -2.35. The first-order valence-corrected chi connectivity index (χ1v) is 24.9. The van der Waals surface area contributed by atoms with E-state index in [1.165, 1.54) is 17.4 Å². The zero-order chi connectivity index (χ0) is 40.5. The third-order valence-corrected chi connectivity index (χ3v) is 13.9. The zero-order valence-corrected chi connectivity index (χ0v) is 36.3. The molecule has 2 aromatic heterocycles. The Morgan fingerprint density at radius 1 is 0.754 bits per heavy atom. The summed E-state index contributed by atoms with van der Waals surface area (Å²) in [4.78, 5) is 21.9. The Morgan fingerprint density at radius 3 is 1.82 bits per heavy atom. The zero-order valence-electron chi connectivity index (χ0n) is 33.2. The van der Waals surface area contributed by atoms with Gasteiger partial charge in [-0.25, -0.2) is 12.7 Å². The molecule has 0 amide bonds. The summed E-state index contributed by atoms with van der Waals surface area (Å²) in [6.07, 6.45) is 19.5. The van der Waals surface area contributed by atoms with E-state index in [9.17, 15) is 13.2 Å². The van der Waals surface area contributed by atoms with Gasteiger partial charge in [-0.3, -0.25) is 14.8 Å². The summed E-state index contributed by atoms with van der Waals surface area (Å²) in [7, 11) is -4.16.